The summed E-state index contributed by atoms with van der Waals surface area (Å²) in [6, 6.07) is 18.2. The normalized spacial score (nSPS) is 19.0. The predicted molar refractivity (Wildman–Crippen MR) is 127 cm³/mol. The topological polar surface area (TPSA) is 60.9 Å². The van der Waals surface area contributed by atoms with Crippen LogP contribution in [0.4, 0.5) is 0 Å². The lowest BCUT2D eigenvalue weighted by atomic mass is 10.1. The highest BCUT2D eigenvalue weighted by atomic mass is 16.2. The van der Waals surface area contributed by atoms with Gasteiger partial charge in [-0.2, -0.15) is 0 Å². The second-order valence-corrected chi connectivity index (χ2v) is 9.21. The molecule has 0 aliphatic carbocycles. The summed E-state index contributed by atoms with van der Waals surface area (Å²) in [5, 5.41) is 0. The summed E-state index contributed by atoms with van der Waals surface area (Å²) in [5.41, 5.74) is 3.47. The fourth-order valence-corrected chi connectivity index (χ4v) is 4.70. The van der Waals surface area contributed by atoms with Gasteiger partial charge in [0, 0.05) is 52.1 Å². The van der Waals surface area contributed by atoms with Gasteiger partial charge in [0.05, 0.1) is 5.92 Å². The number of rotatable bonds is 6. The van der Waals surface area contributed by atoms with Gasteiger partial charge in [-0.25, -0.2) is 0 Å². The highest BCUT2D eigenvalue weighted by Crippen LogP contribution is 2.23. The number of carbonyl (C=O) groups excluding carboxylic acids is 3. The SMILES string of the molecule is Cc1ccc(CCC(=O)N2CCCN(C(=O)C3CC(=O)N(Cc4ccccc4)C3)CC2)cc1. The molecule has 6 nitrogen and oxygen atoms in total. The number of hydrogen-bond donors (Lipinski definition) is 0. The van der Waals surface area contributed by atoms with Gasteiger partial charge in [-0.05, 0) is 30.9 Å². The molecular weight excluding hydrogens is 414 g/mol. The Kier molecular flexibility index (Phi) is 7.43. The summed E-state index contributed by atoms with van der Waals surface area (Å²) in [4.78, 5) is 43.9. The van der Waals surface area contributed by atoms with Crippen molar-refractivity contribution in [3.8, 4) is 0 Å². The maximum absolute atomic E-state index is 13.2. The number of nitrogens with zero attached hydrogens (tertiary/aromatic N) is 3. The zero-order valence-corrected chi connectivity index (χ0v) is 19.4. The van der Waals surface area contributed by atoms with Gasteiger partial charge in [0.15, 0.2) is 0 Å². The number of carbonyl (C=O) groups is 3. The van der Waals surface area contributed by atoms with E-state index in [1.54, 1.807) is 4.90 Å². The molecule has 6 heteroatoms. The summed E-state index contributed by atoms with van der Waals surface area (Å²) >= 11 is 0. The number of benzene rings is 2. The Hall–Kier alpha value is -3.15. The number of amides is 3. The lowest BCUT2D eigenvalue weighted by Gasteiger charge is -2.24. The Balaban J connectivity index is 1.26. The Morgan fingerprint density at radius 1 is 0.879 bits per heavy atom. The van der Waals surface area contributed by atoms with E-state index >= 15 is 0 Å². The van der Waals surface area contributed by atoms with Crippen LogP contribution < -0.4 is 0 Å². The second-order valence-electron chi connectivity index (χ2n) is 9.21. The van der Waals surface area contributed by atoms with Crippen LogP contribution >= 0.6 is 0 Å². The molecule has 1 unspecified atom stereocenters. The lowest BCUT2D eigenvalue weighted by Crippen LogP contribution is -2.40. The quantitative estimate of drug-likeness (QED) is 0.684. The van der Waals surface area contributed by atoms with Gasteiger partial charge < -0.3 is 14.7 Å². The zero-order chi connectivity index (χ0) is 23.2. The van der Waals surface area contributed by atoms with Gasteiger partial charge in [-0.3, -0.25) is 14.4 Å². The zero-order valence-electron chi connectivity index (χ0n) is 19.4. The van der Waals surface area contributed by atoms with E-state index in [-0.39, 0.29) is 30.1 Å². The maximum Gasteiger partial charge on any atom is 0.228 e. The third kappa shape index (κ3) is 6.01. The van der Waals surface area contributed by atoms with Gasteiger partial charge in [0.1, 0.15) is 0 Å². The maximum atomic E-state index is 13.2. The molecule has 0 bridgehead atoms. The molecule has 2 heterocycles. The van der Waals surface area contributed by atoms with E-state index in [9.17, 15) is 14.4 Å². The fraction of sp³-hybridized carbons (Fsp3) is 0.444. The molecule has 33 heavy (non-hydrogen) atoms. The van der Waals surface area contributed by atoms with E-state index in [1.807, 2.05) is 40.1 Å². The van der Waals surface area contributed by atoms with Crippen LogP contribution in [0.5, 0.6) is 0 Å². The molecule has 0 spiro atoms. The molecule has 1 atom stereocenters. The van der Waals surface area contributed by atoms with Crippen LogP contribution in [0.25, 0.3) is 0 Å². The molecule has 0 N–H and O–H groups in total. The molecule has 4 rings (SSSR count). The van der Waals surface area contributed by atoms with Crippen molar-refractivity contribution in [2.75, 3.05) is 32.7 Å². The average molecular weight is 448 g/mol. The van der Waals surface area contributed by atoms with Crippen LogP contribution in [0, 0.1) is 12.8 Å². The molecule has 0 radical (unpaired) electrons. The van der Waals surface area contributed by atoms with Crippen molar-refractivity contribution >= 4 is 17.7 Å². The highest BCUT2D eigenvalue weighted by molar-refractivity contribution is 5.89. The van der Waals surface area contributed by atoms with Gasteiger partial charge in [0.2, 0.25) is 17.7 Å². The van der Waals surface area contributed by atoms with Gasteiger partial charge in [-0.15, -0.1) is 0 Å². The van der Waals surface area contributed by atoms with Crippen molar-refractivity contribution in [2.24, 2.45) is 5.92 Å². The Bertz CT molecular complexity index is 974. The van der Waals surface area contributed by atoms with Crippen LogP contribution in [-0.4, -0.2) is 65.1 Å². The predicted octanol–water partition coefficient (Wildman–Crippen LogP) is 3.04. The summed E-state index contributed by atoms with van der Waals surface area (Å²) < 4.78 is 0. The van der Waals surface area contributed by atoms with E-state index in [0.29, 0.717) is 45.7 Å². The van der Waals surface area contributed by atoms with Crippen LogP contribution in [-0.2, 0) is 27.3 Å². The van der Waals surface area contributed by atoms with E-state index in [2.05, 4.69) is 31.2 Å². The van der Waals surface area contributed by atoms with E-state index in [0.717, 1.165) is 18.4 Å². The molecule has 3 amide bonds. The van der Waals surface area contributed by atoms with Crippen molar-refractivity contribution in [3.05, 3.63) is 71.3 Å². The second kappa shape index (κ2) is 10.6. The smallest absolute Gasteiger partial charge is 0.228 e. The molecule has 2 saturated heterocycles. The Morgan fingerprint density at radius 2 is 1.58 bits per heavy atom. The largest absolute Gasteiger partial charge is 0.341 e. The molecule has 2 aromatic rings. The van der Waals surface area contributed by atoms with E-state index in [4.69, 9.17) is 0 Å². The summed E-state index contributed by atoms with van der Waals surface area (Å²) in [7, 11) is 0. The van der Waals surface area contributed by atoms with E-state index in [1.165, 1.54) is 11.1 Å². The molecule has 2 aliphatic heterocycles. The van der Waals surface area contributed by atoms with Gasteiger partial charge >= 0.3 is 0 Å². The third-order valence-corrected chi connectivity index (χ3v) is 6.69. The highest BCUT2D eigenvalue weighted by Gasteiger charge is 2.37. The summed E-state index contributed by atoms with van der Waals surface area (Å²) in [5.74, 6) is -0.0484. The minimum atomic E-state index is -0.287. The minimum absolute atomic E-state index is 0.0416. The van der Waals surface area contributed by atoms with Crippen molar-refractivity contribution in [3.63, 3.8) is 0 Å². The van der Waals surface area contributed by atoms with Crippen LogP contribution in [0.1, 0.15) is 36.0 Å². The lowest BCUT2D eigenvalue weighted by molar-refractivity contribution is -0.136. The van der Waals surface area contributed by atoms with Crippen LogP contribution in [0.15, 0.2) is 54.6 Å². The standard InChI is InChI=1S/C27H33N3O3/c1-21-8-10-22(11-9-21)12-13-25(31)28-14-5-15-29(17-16-28)27(33)24-18-26(32)30(20-24)19-23-6-3-2-4-7-23/h2-4,6-11,24H,5,12-20H2,1H3. The molecule has 2 fully saturated rings. The fourth-order valence-electron chi connectivity index (χ4n) is 4.70. The van der Waals surface area contributed by atoms with Gasteiger partial charge in [-0.1, -0.05) is 60.2 Å². The van der Waals surface area contributed by atoms with Crippen molar-refractivity contribution < 1.29 is 14.4 Å². The molecule has 2 aromatic carbocycles. The molecule has 2 aliphatic rings. The minimum Gasteiger partial charge on any atom is -0.341 e. The third-order valence-electron chi connectivity index (χ3n) is 6.69. The van der Waals surface area contributed by atoms with Crippen LogP contribution in [0.3, 0.4) is 0 Å². The molecular formula is C27H33N3O3. The van der Waals surface area contributed by atoms with E-state index < -0.39 is 0 Å². The van der Waals surface area contributed by atoms with Crippen LogP contribution in [0.2, 0.25) is 0 Å². The monoisotopic (exact) mass is 447 g/mol. The first-order chi connectivity index (χ1) is 16.0. The first-order valence-corrected chi connectivity index (χ1v) is 11.9. The first kappa shape index (κ1) is 23.0. The molecule has 0 aromatic heterocycles. The Labute approximate surface area is 196 Å². The number of aryl methyl sites for hydroxylation is 2. The van der Waals surface area contributed by atoms with Crippen molar-refractivity contribution in [1.82, 2.24) is 14.7 Å². The number of likely N-dealkylation sites (tertiary alicyclic amines) is 1. The number of hydrogen-bond acceptors (Lipinski definition) is 3. The first-order valence-electron chi connectivity index (χ1n) is 11.9. The van der Waals surface area contributed by atoms with Gasteiger partial charge in [0.25, 0.3) is 0 Å². The molecule has 0 saturated carbocycles. The van der Waals surface area contributed by atoms with Crippen molar-refractivity contribution in [2.45, 2.75) is 39.2 Å². The molecule has 174 valence electrons. The summed E-state index contributed by atoms with van der Waals surface area (Å²) in [6.07, 6.45) is 2.28. The Morgan fingerprint density at radius 3 is 2.33 bits per heavy atom. The average Bonchev–Trinajstić information content (AvgIpc) is 3.03. The van der Waals surface area contributed by atoms with Crippen molar-refractivity contribution in [1.29, 1.82) is 0 Å². The summed E-state index contributed by atoms with van der Waals surface area (Å²) in [6.45, 7) is 5.51.